The Kier molecular flexibility index (Phi) is 11.6. The van der Waals surface area contributed by atoms with E-state index in [0.717, 1.165) is 50.5 Å². The minimum atomic E-state index is -4.27. The maximum Gasteiger partial charge on any atom is 0.286 e. The first kappa shape index (κ1) is 39.7. The molecule has 0 aliphatic heterocycles. The summed E-state index contributed by atoms with van der Waals surface area (Å²) < 4.78 is 39.6. The first-order valence-electron chi connectivity index (χ1n) is 18.4. The van der Waals surface area contributed by atoms with Gasteiger partial charge in [-0.05, 0) is 84.8 Å². The summed E-state index contributed by atoms with van der Waals surface area (Å²) in [6.45, 7) is 1.82. The van der Waals surface area contributed by atoms with Crippen LogP contribution in [0.25, 0.3) is 33.8 Å². The van der Waals surface area contributed by atoms with E-state index in [0.29, 0.717) is 11.1 Å². The number of nitrogens with one attached hydrogen (secondary N) is 2. The fraction of sp³-hybridized carbons (Fsp3) is 0.0667. The smallest absolute Gasteiger partial charge is 0.286 e. The maximum absolute atomic E-state index is 12.8. The lowest BCUT2D eigenvalue weighted by Crippen LogP contribution is -2.20. The van der Waals surface area contributed by atoms with E-state index in [2.05, 4.69) is 63.5 Å². The van der Waals surface area contributed by atoms with Crippen molar-refractivity contribution in [3.63, 3.8) is 0 Å². The molecule has 4 aromatic carbocycles. The molecule has 4 aromatic heterocycles. The van der Waals surface area contributed by atoms with Gasteiger partial charge in [0, 0.05) is 34.4 Å². The third-order valence-electron chi connectivity index (χ3n) is 9.54. The number of benzene rings is 4. The predicted octanol–water partition coefficient (Wildman–Crippen LogP) is 5.60. The highest BCUT2D eigenvalue weighted by molar-refractivity contribution is 7.85. The van der Waals surface area contributed by atoms with Gasteiger partial charge in [0.1, 0.15) is 22.5 Å². The van der Waals surface area contributed by atoms with Crippen LogP contribution in [0.15, 0.2) is 173 Å². The third-order valence-corrected chi connectivity index (χ3v) is 10.4. The fourth-order valence-corrected chi connectivity index (χ4v) is 6.82. The Morgan fingerprint density at radius 2 is 1.05 bits per heavy atom. The molecule has 2 N–H and O–H groups in total. The number of imidazole rings is 2. The van der Waals surface area contributed by atoms with Gasteiger partial charge in [-0.15, -0.1) is 0 Å². The number of nitrogens with zero attached hydrogens (tertiary/aromatic N) is 6. The third kappa shape index (κ3) is 9.37. The Labute approximate surface area is 340 Å². The van der Waals surface area contributed by atoms with Crippen molar-refractivity contribution < 1.29 is 31.4 Å². The predicted molar refractivity (Wildman–Crippen MR) is 224 cm³/mol. The summed E-state index contributed by atoms with van der Waals surface area (Å²) in [7, 11) is -0.198. The SMILES string of the molecule is Cc1ccc(S(=O)(=O)[O-])cc1.Cn1c(-c2ccc(/C=N/NC(=O)c3cccc(C(=O)N/N=C/c4ccc(-c5c[n+]6ccccc6n5C)cc4)c3)cc2)c[n+]2ccccc12. The highest BCUT2D eigenvalue weighted by Gasteiger charge is 2.16. The lowest BCUT2D eigenvalue weighted by atomic mass is 10.1. The van der Waals surface area contributed by atoms with Crippen molar-refractivity contribution in [2.45, 2.75) is 11.8 Å². The average Bonchev–Trinajstić information content (AvgIpc) is 3.77. The van der Waals surface area contributed by atoms with Crippen LogP contribution >= 0.6 is 0 Å². The van der Waals surface area contributed by atoms with Crippen LogP contribution in [0.1, 0.15) is 37.4 Å². The number of aromatic nitrogens is 4. The van der Waals surface area contributed by atoms with Gasteiger partial charge >= 0.3 is 0 Å². The highest BCUT2D eigenvalue weighted by Crippen LogP contribution is 2.21. The average molecular weight is 804 g/mol. The zero-order chi connectivity index (χ0) is 41.5. The van der Waals surface area contributed by atoms with Crippen LogP contribution in [0.5, 0.6) is 0 Å². The quantitative estimate of drug-likeness (QED) is 0.0841. The van der Waals surface area contributed by atoms with E-state index in [1.165, 1.54) is 18.2 Å². The molecule has 0 aliphatic carbocycles. The van der Waals surface area contributed by atoms with Crippen LogP contribution in [-0.4, -0.2) is 46.3 Å². The number of rotatable bonds is 9. The molecule has 0 saturated heterocycles. The Balaban J connectivity index is 0.000000417. The Morgan fingerprint density at radius 1 is 0.610 bits per heavy atom. The van der Waals surface area contributed by atoms with E-state index < -0.39 is 21.9 Å². The summed E-state index contributed by atoms with van der Waals surface area (Å²) >= 11 is 0. The van der Waals surface area contributed by atoms with Gasteiger partial charge in [-0.3, -0.25) is 9.59 Å². The molecule has 4 heterocycles. The van der Waals surface area contributed by atoms with Crippen molar-refractivity contribution in [3.05, 3.63) is 186 Å². The first-order chi connectivity index (χ1) is 28.4. The molecule has 0 saturated carbocycles. The van der Waals surface area contributed by atoms with Gasteiger partial charge in [-0.1, -0.05) is 60.2 Å². The van der Waals surface area contributed by atoms with Gasteiger partial charge in [0.25, 0.3) is 23.1 Å². The maximum atomic E-state index is 12.8. The summed E-state index contributed by atoms with van der Waals surface area (Å²) in [5, 5.41) is 8.22. The number of aryl methyl sites for hydroxylation is 3. The molecular weight excluding hydrogens is 765 g/mol. The van der Waals surface area contributed by atoms with Gasteiger partial charge < -0.3 is 4.55 Å². The number of hydrogen-bond donors (Lipinski definition) is 2. The number of amides is 2. The topological polar surface area (TPSA) is 158 Å². The number of carbonyl (C=O) groups is 2. The summed E-state index contributed by atoms with van der Waals surface area (Å²) in [5.74, 6) is -0.865. The van der Waals surface area contributed by atoms with Gasteiger partial charge in [0.15, 0.2) is 11.4 Å². The Morgan fingerprint density at radius 3 is 1.46 bits per heavy atom. The summed E-state index contributed by atoms with van der Waals surface area (Å²) in [6.07, 6.45) is 11.4. The molecule has 0 spiro atoms. The number of hydrazone groups is 2. The van der Waals surface area contributed by atoms with Crippen molar-refractivity contribution in [1.29, 1.82) is 0 Å². The molecule has 13 nitrogen and oxygen atoms in total. The fourth-order valence-electron chi connectivity index (χ4n) is 6.35. The van der Waals surface area contributed by atoms with E-state index in [1.54, 1.807) is 42.8 Å². The molecule has 0 fully saturated rings. The van der Waals surface area contributed by atoms with Gasteiger partial charge in [0.2, 0.25) is 0 Å². The van der Waals surface area contributed by atoms with E-state index >= 15 is 0 Å². The van der Waals surface area contributed by atoms with Crippen molar-refractivity contribution in [2.75, 3.05) is 0 Å². The van der Waals surface area contributed by atoms with Crippen LogP contribution in [0, 0.1) is 6.92 Å². The zero-order valence-corrected chi connectivity index (χ0v) is 33.1. The van der Waals surface area contributed by atoms with Gasteiger partial charge in [0.05, 0.1) is 43.8 Å². The first-order valence-corrected chi connectivity index (χ1v) is 19.8. The van der Waals surface area contributed by atoms with Crippen LogP contribution < -0.4 is 19.7 Å². The second kappa shape index (κ2) is 17.3. The molecule has 8 rings (SSSR count). The number of pyridine rings is 2. The van der Waals surface area contributed by atoms with Crippen LogP contribution in [0.2, 0.25) is 0 Å². The minimum absolute atomic E-state index is 0.178. The monoisotopic (exact) mass is 803 g/mol. The molecule has 0 aliphatic rings. The van der Waals surface area contributed by atoms with Crippen molar-refractivity contribution >= 4 is 45.7 Å². The second-order valence-corrected chi connectivity index (χ2v) is 14.9. The number of carbonyl (C=O) groups excluding carboxylic acids is 2. The van der Waals surface area contributed by atoms with E-state index in [-0.39, 0.29) is 4.90 Å². The van der Waals surface area contributed by atoms with Crippen molar-refractivity contribution in [2.24, 2.45) is 24.3 Å². The molecule has 294 valence electrons. The van der Waals surface area contributed by atoms with Crippen molar-refractivity contribution in [1.82, 2.24) is 20.0 Å². The van der Waals surface area contributed by atoms with E-state index in [1.807, 2.05) is 106 Å². The molecular formula is C45H39N8O5S+. The molecule has 0 atom stereocenters. The van der Waals surface area contributed by atoms with Gasteiger partial charge in [-0.25, -0.2) is 37.2 Å². The summed E-state index contributed by atoms with van der Waals surface area (Å²) in [6, 6.07) is 40.2. The van der Waals surface area contributed by atoms with Crippen LogP contribution in [0.3, 0.4) is 0 Å². The Bertz CT molecular complexity index is 2810. The van der Waals surface area contributed by atoms with E-state index in [9.17, 15) is 22.6 Å². The lowest BCUT2D eigenvalue weighted by Gasteiger charge is -2.05. The number of hydrogen-bond acceptors (Lipinski definition) is 7. The normalized spacial score (nSPS) is 11.5. The summed E-state index contributed by atoms with van der Waals surface area (Å²) in [4.78, 5) is 25.4. The highest BCUT2D eigenvalue weighted by atomic mass is 32.2. The second-order valence-electron chi connectivity index (χ2n) is 13.6. The Hall–Kier alpha value is -7.55. The molecule has 59 heavy (non-hydrogen) atoms. The largest absolute Gasteiger partial charge is 0.744 e. The van der Waals surface area contributed by atoms with Crippen LogP contribution in [0.4, 0.5) is 0 Å². The van der Waals surface area contributed by atoms with Crippen LogP contribution in [-0.2, 0) is 24.2 Å². The summed E-state index contributed by atoms with van der Waals surface area (Å²) in [5.41, 5.74) is 14.7. The molecule has 8 aromatic rings. The zero-order valence-electron chi connectivity index (χ0n) is 32.3. The molecule has 0 bridgehead atoms. The standard InChI is InChI=1S/C38H30N8O2.C7H8O3S/c1-43-33(25-45-20-5-3-10-35(43)45)29-16-12-27(13-17-29)23-39-41-37(47)31-8-7-9-32(22-31)38(48)42-40-24-28-14-18-30(19-15-28)34-26-46-21-6-4-11-36(46)44(34)2;1-6-2-4-7(5-3-6)11(8,9)10/h3-26H,1-2H3;2-5H,1H3,(H,8,9,10)/p+1/b39-23+,40-24+;. The molecule has 0 radical (unpaired) electrons. The minimum Gasteiger partial charge on any atom is -0.744 e. The lowest BCUT2D eigenvalue weighted by molar-refractivity contribution is -0.510. The molecule has 14 heteroatoms. The molecule has 0 unspecified atom stereocenters. The van der Waals surface area contributed by atoms with Crippen molar-refractivity contribution in [3.8, 4) is 22.5 Å². The molecule has 2 amide bonds. The number of fused-ring (bicyclic) bond motifs is 2. The van der Waals surface area contributed by atoms with Gasteiger partial charge in [-0.2, -0.15) is 10.2 Å². The van der Waals surface area contributed by atoms with E-state index in [4.69, 9.17) is 0 Å².